The van der Waals surface area contributed by atoms with Crippen LogP contribution in [0.15, 0.2) is 36.4 Å². The number of rotatable bonds is 2. The molecule has 1 heterocycles. The van der Waals surface area contributed by atoms with E-state index in [-0.39, 0.29) is 11.5 Å². The van der Waals surface area contributed by atoms with Gasteiger partial charge in [-0.25, -0.2) is 4.39 Å². The molecule has 0 aromatic heterocycles. The minimum Gasteiger partial charge on any atom is -0.384 e. The predicted molar refractivity (Wildman–Crippen MR) is 77.7 cm³/mol. The third-order valence-corrected chi connectivity index (χ3v) is 3.82. The molecule has 0 radical (unpaired) electrons. The second-order valence-electron chi connectivity index (χ2n) is 5.35. The van der Waals surface area contributed by atoms with Crippen LogP contribution in [0.1, 0.15) is 38.7 Å². The van der Waals surface area contributed by atoms with Crippen molar-refractivity contribution in [2.24, 2.45) is 0 Å². The molecule has 108 valence electrons. The molecule has 0 bridgehead atoms. The van der Waals surface area contributed by atoms with Crippen LogP contribution in [0.3, 0.4) is 0 Å². The van der Waals surface area contributed by atoms with Crippen LogP contribution in [0.25, 0.3) is 0 Å². The molecule has 21 heavy (non-hydrogen) atoms. The molecule has 2 aromatic rings. The smallest absolute Gasteiger partial charge is 0.251 e. The summed E-state index contributed by atoms with van der Waals surface area (Å²) in [7, 11) is 0. The molecule has 1 unspecified atom stereocenters. The third-order valence-electron chi connectivity index (χ3n) is 3.82. The van der Waals surface area contributed by atoms with Crippen LogP contribution in [0, 0.1) is 12.7 Å². The lowest BCUT2D eigenvalue weighted by Crippen LogP contribution is -2.31. The Bertz CT molecular complexity index is 712. The highest BCUT2D eigenvalue weighted by atomic mass is 19.1. The molecule has 1 aliphatic rings. The van der Waals surface area contributed by atoms with E-state index in [4.69, 9.17) is 0 Å². The number of halogens is 1. The van der Waals surface area contributed by atoms with E-state index in [2.05, 4.69) is 5.32 Å². The average molecular weight is 285 g/mol. The lowest BCUT2D eigenvalue weighted by Gasteiger charge is -2.19. The number of aliphatic hydroxyl groups excluding tert-OH is 1. The number of benzene rings is 2. The van der Waals surface area contributed by atoms with Gasteiger partial charge in [-0.2, -0.15) is 0 Å². The molecule has 1 atom stereocenters. The Balaban J connectivity index is 2.02. The fourth-order valence-corrected chi connectivity index (χ4v) is 2.65. The minimum absolute atomic E-state index is 0.144. The van der Waals surface area contributed by atoms with Crippen molar-refractivity contribution in [2.75, 3.05) is 6.54 Å². The molecule has 3 rings (SSSR count). The van der Waals surface area contributed by atoms with Gasteiger partial charge in [0.1, 0.15) is 11.9 Å². The highest BCUT2D eigenvalue weighted by Gasteiger charge is 2.21. The van der Waals surface area contributed by atoms with E-state index in [1.807, 2.05) is 13.0 Å². The Morgan fingerprint density at radius 3 is 2.86 bits per heavy atom. The van der Waals surface area contributed by atoms with Crippen molar-refractivity contribution in [2.45, 2.75) is 19.4 Å². The molecule has 0 aliphatic carbocycles. The van der Waals surface area contributed by atoms with Gasteiger partial charge in [-0.1, -0.05) is 29.8 Å². The van der Waals surface area contributed by atoms with Crippen LogP contribution in [0.5, 0.6) is 0 Å². The Hall–Kier alpha value is -2.20. The van der Waals surface area contributed by atoms with E-state index in [9.17, 15) is 14.3 Å². The summed E-state index contributed by atoms with van der Waals surface area (Å²) in [5, 5.41) is 13.2. The molecule has 0 saturated carbocycles. The molecule has 3 nitrogen and oxygen atoms in total. The lowest BCUT2D eigenvalue weighted by atomic mass is 9.93. The average Bonchev–Trinajstić information content (AvgIpc) is 2.49. The maximum atomic E-state index is 13.9. The highest BCUT2D eigenvalue weighted by molar-refractivity contribution is 5.96. The number of amides is 1. The lowest BCUT2D eigenvalue weighted by molar-refractivity contribution is 0.0945. The Morgan fingerprint density at radius 2 is 2.05 bits per heavy atom. The minimum atomic E-state index is -1.08. The standard InChI is InChI=1S/C17H16FNO2/c1-10-2-5-15(18)14(8-10)16(20)12-4-3-11-6-7-19-17(21)13(11)9-12/h2-5,8-9,16,20H,6-7H2,1H3,(H,19,21). The number of nitrogens with one attached hydrogen (secondary N) is 1. The Labute approximate surface area is 122 Å². The monoisotopic (exact) mass is 285 g/mol. The summed E-state index contributed by atoms with van der Waals surface area (Å²) in [6, 6.07) is 9.87. The molecule has 0 fully saturated rings. The van der Waals surface area contributed by atoms with Crippen molar-refractivity contribution in [3.05, 3.63) is 70.0 Å². The fraction of sp³-hybridized carbons (Fsp3) is 0.235. The van der Waals surface area contributed by atoms with Crippen LogP contribution < -0.4 is 5.32 Å². The Kier molecular flexibility index (Phi) is 3.47. The van der Waals surface area contributed by atoms with E-state index in [0.29, 0.717) is 17.7 Å². The van der Waals surface area contributed by atoms with Crippen molar-refractivity contribution in [1.29, 1.82) is 0 Å². The number of aryl methyl sites for hydroxylation is 1. The second-order valence-corrected chi connectivity index (χ2v) is 5.35. The number of carbonyl (C=O) groups is 1. The van der Waals surface area contributed by atoms with Crippen LogP contribution in [0.4, 0.5) is 4.39 Å². The van der Waals surface area contributed by atoms with Gasteiger partial charge in [0.2, 0.25) is 0 Å². The molecular formula is C17H16FNO2. The topological polar surface area (TPSA) is 49.3 Å². The van der Waals surface area contributed by atoms with Gasteiger partial charge in [-0.3, -0.25) is 4.79 Å². The zero-order chi connectivity index (χ0) is 15.0. The summed E-state index contributed by atoms with van der Waals surface area (Å²) in [6.45, 7) is 2.47. The maximum Gasteiger partial charge on any atom is 0.251 e. The van der Waals surface area contributed by atoms with Crippen molar-refractivity contribution in [3.8, 4) is 0 Å². The third kappa shape index (κ3) is 2.54. The first-order chi connectivity index (χ1) is 10.1. The number of carbonyl (C=O) groups excluding carboxylic acids is 1. The van der Waals surface area contributed by atoms with Gasteiger partial charge in [0, 0.05) is 17.7 Å². The van der Waals surface area contributed by atoms with Gasteiger partial charge in [-0.15, -0.1) is 0 Å². The molecule has 1 aliphatic heterocycles. The van der Waals surface area contributed by atoms with Crippen LogP contribution in [-0.2, 0) is 6.42 Å². The molecule has 1 amide bonds. The van der Waals surface area contributed by atoms with Crippen molar-refractivity contribution >= 4 is 5.91 Å². The quantitative estimate of drug-likeness (QED) is 0.890. The van der Waals surface area contributed by atoms with Gasteiger partial charge in [0.05, 0.1) is 0 Å². The molecule has 4 heteroatoms. The number of hydrogen-bond donors (Lipinski definition) is 2. The van der Waals surface area contributed by atoms with E-state index in [1.54, 1.807) is 24.3 Å². The molecular weight excluding hydrogens is 269 g/mol. The number of aliphatic hydroxyl groups is 1. The molecule has 0 saturated heterocycles. The van der Waals surface area contributed by atoms with Gasteiger partial charge in [0.15, 0.2) is 0 Å². The summed E-state index contributed by atoms with van der Waals surface area (Å²) in [5.41, 5.74) is 3.15. The molecule has 2 aromatic carbocycles. The first-order valence-corrected chi connectivity index (χ1v) is 6.91. The largest absolute Gasteiger partial charge is 0.384 e. The van der Waals surface area contributed by atoms with Gasteiger partial charge in [-0.05, 0) is 36.6 Å². The summed E-state index contributed by atoms with van der Waals surface area (Å²) in [4.78, 5) is 11.9. The highest BCUT2D eigenvalue weighted by Crippen LogP contribution is 2.27. The normalized spacial score (nSPS) is 15.3. The van der Waals surface area contributed by atoms with Crippen LogP contribution in [-0.4, -0.2) is 17.6 Å². The summed E-state index contributed by atoms with van der Waals surface area (Å²) in [6.07, 6.45) is -0.305. The zero-order valence-corrected chi connectivity index (χ0v) is 11.7. The fourth-order valence-electron chi connectivity index (χ4n) is 2.65. The van der Waals surface area contributed by atoms with Gasteiger partial charge in [0.25, 0.3) is 5.91 Å². The van der Waals surface area contributed by atoms with Gasteiger partial charge < -0.3 is 10.4 Å². The number of hydrogen-bond acceptors (Lipinski definition) is 2. The predicted octanol–water partition coefficient (Wildman–Crippen LogP) is 2.50. The van der Waals surface area contributed by atoms with Crippen molar-refractivity contribution in [1.82, 2.24) is 5.32 Å². The van der Waals surface area contributed by atoms with Crippen molar-refractivity contribution < 1.29 is 14.3 Å². The Morgan fingerprint density at radius 1 is 1.24 bits per heavy atom. The maximum absolute atomic E-state index is 13.9. The van der Waals surface area contributed by atoms with E-state index >= 15 is 0 Å². The zero-order valence-electron chi connectivity index (χ0n) is 11.7. The second kappa shape index (κ2) is 5.30. The van der Waals surface area contributed by atoms with Crippen LogP contribution >= 0.6 is 0 Å². The number of fused-ring (bicyclic) bond motifs is 1. The van der Waals surface area contributed by atoms with Gasteiger partial charge >= 0.3 is 0 Å². The summed E-state index contributed by atoms with van der Waals surface area (Å²) in [5.74, 6) is -0.592. The first kappa shape index (κ1) is 13.8. The first-order valence-electron chi connectivity index (χ1n) is 6.91. The van der Waals surface area contributed by atoms with Crippen molar-refractivity contribution in [3.63, 3.8) is 0 Å². The molecule has 2 N–H and O–H groups in total. The van der Waals surface area contributed by atoms with E-state index < -0.39 is 11.9 Å². The molecule has 0 spiro atoms. The summed E-state index contributed by atoms with van der Waals surface area (Å²) < 4.78 is 13.9. The van der Waals surface area contributed by atoms with E-state index in [1.165, 1.54) is 6.07 Å². The van der Waals surface area contributed by atoms with E-state index in [0.717, 1.165) is 17.5 Å². The van der Waals surface area contributed by atoms with Crippen LogP contribution in [0.2, 0.25) is 0 Å². The summed E-state index contributed by atoms with van der Waals surface area (Å²) >= 11 is 0. The SMILES string of the molecule is Cc1ccc(F)c(C(O)c2ccc3c(c2)C(=O)NCC3)c1.